The summed E-state index contributed by atoms with van der Waals surface area (Å²) in [6, 6.07) is 4.65. The fourth-order valence-electron chi connectivity index (χ4n) is 1.08. The van der Waals surface area contributed by atoms with Gasteiger partial charge in [-0.1, -0.05) is 28.9 Å². The Morgan fingerprint density at radius 2 is 2.23 bits per heavy atom. The second-order valence-corrected chi connectivity index (χ2v) is 3.29. The van der Waals surface area contributed by atoms with Crippen molar-refractivity contribution in [2.45, 2.75) is 13.3 Å². The largest absolute Gasteiger partial charge is 0.293 e. The molecule has 0 fully saturated rings. The number of carbonyl (C=O) groups excluding carboxylic acids is 1. The molecule has 0 unspecified atom stereocenters. The summed E-state index contributed by atoms with van der Waals surface area (Å²) < 4.78 is 13.1. The van der Waals surface area contributed by atoms with Crippen LogP contribution in [0.25, 0.3) is 0 Å². The van der Waals surface area contributed by atoms with Crippen molar-refractivity contribution in [1.29, 1.82) is 0 Å². The van der Waals surface area contributed by atoms with Gasteiger partial charge in [-0.15, -0.1) is 0 Å². The second kappa shape index (κ2) is 4.51. The van der Waals surface area contributed by atoms with Crippen LogP contribution in [-0.4, -0.2) is 11.1 Å². The molecule has 0 aliphatic carbocycles. The highest BCUT2D eigenvalue weighted by Gasteiger charge is 2.10. The van der Waals surface area contributed by atoms with Crippen LogP contribution in [-0.2, 0) is 6.42 Å². The maximum Gasteiger partial charge on any atom is 0.176 e. The Morgan fingerprint density at radius 3 is 2.77 bits per heavy atom. The number of Topliss-reactive ketones (excluding diaryl/α,β-unsaturated/α-hetero) is 1. The first-order valence-electron chi connectivity index (χ1n) is 4.06. The molecule has 70 valence electrons. The molecule has 0 N–H and O–H groups in total. The third kappa shape index (κ3) is 2.37. The van der Waals surface area contributed by atoms with Crippen molar-refractivity contribution in [2.75, 3.05) is 5.33 Å². The molecule has 0 saturated carbocycles. The van der Waals surface area contributed by atoms with E-state index < -0.39 is 5.82 Å². The molecule has 0 spiro atoms. The van der Waals surface area contributed by atoms with Crippen LogP contribution in [0.3, 0.4) is 0 Å². The summed E-state index contributed by atoms with van der Waals surface area (Å²) in [5, 5.41) is 0.164. The van der Waals surface area contributed by atoms with Crippen molar-refractivity contribution in [2.24, 2.45) is 0 Å². The van der Waals surface area contributed by atoms with Crippen molar-refractivity contribution >= 4 is 21.7 Å². The SMILES string of the molecule is CCc1ccc(F)c(C(=O)CBr)c1. The van der Waals surface area contributed by atoms with E-state index in [-0.39, 0.29) is 16.7 Å². The van der Waals surface area contributed by atoms with Gasteiger partial charge < -0.3 is 0 Å². The number of carbonyl (C=O) groups is 1. The van der Waals surface area contributed by atoms with Crippen LogP contribution < -0.4 is 0 Å². The first kappa shape index (κ1) is 10.4. The van der Waals surface area contributed by atoms with Crippen molar-refractivity contribution < 1.29 is 9.18 Å². The predicted octanol–water partition coefficient (Wildman–Crippen LogP) is 2.97. The van der Waals surface area contributed by atoms with E-state index in [0.29, 0.717) is 0 Å². The van der Waals surface area contributed by atoms with E-state index in [9.17, 15) is 9.18 Å². The minimum absolute atomic E-state index is 0.164. The van der Waals surface area contributed by atoms with E-state index in [1.165, 1.54) is 6.07 Å². The maximum atomic E-state index is 13.1. The monoisotopic (exact) mass is 244 g/mol. The van der Waals surface area contributed by atoms with E-state index in [0.717, 1.165) is 12.0 Å². The molecule has 1 aromatic rings. The van der Waals surface area contributed by atoms with Crippen molar-refractivity contribution in [3.63, 3.8) is 0 Å². The maximum absolute atomic E-state index is 13.1. The molecule has 1 aromatic carbocycles. The average molecular weight is 245 g/mol. The summed E-state index contributed by atoms with van der Waals surface area (Å²) in [5.41, 5.74) is 1.15. The summed E-state index contributed by atoms with van der Waals surface area (Å²) in [4.78, 5) is 11.2. The molecule has 1 nitrogen and oxygen atoms in total. The van der Waals surface area contributed by atoms with Gasteiger partial charge in [-0.25, -0.2) is 4.39 Å². The molecule has 0 saturated heterocycles. The third-order valence-corrected chi connectivity index (χ3v) is 2.37. The van der Waals surface area contributed by atoms with E-state index in [1.807, 2.05) is 6.92 Å². The average Bonchev–Trinajstić information content (AvgIpc) is 2.17. The lowest BCUT2D eigenvalue weighted by molar-refractivity contribution is 0.102. The Bertz CT molecular complexity index is 323. The van der Waals surface area contributed by atoms with Gasteiger partial charge in [-0.3, -0.25) is 4.79 Å². The van der Waals surface area contributed by atoms with Gasteiger partial charge in [0.15, 0.2) is 5.78 Å². The normalized spacial score (nSPS) is 10.1. The number of hydrogen-bond donors (Lipinski definition) is 0. The van der Waals surface area contributed by atoms with Crippen molar-refractivity contribution in [3.05, 3.63) is 35.1 Å². The lowest BCUT2D eigenvalue weighted by Crippen LogP contribution is -2.04. The minimum atomic E-state index is -0.443. The first-order valence-corrected chi connectivity index (χ1v) is 5.18. The van der Waals surface area contributed by atoms with Crippen LogP contribution in [0, 0.1) is 5.82 Å². The van der Waals surface area contributed by atoms with E-state index >= 15 is 0 Å². The number of ketones is 1. The summed E-state index contributed by atoms with van der Waals surface area (Å²) >= 11 is 3.02. The predicted molar refractivity (Wildman–Crippen MR) is 53.9 cm³/mol. The molecule has 0 heterocycles. The lowest BCUT2D eigenvalue weighted by Gasteiger charge is -2.02. The van der Waals surface area contributed by atoms with Crippen LogP contribution >= 0.6 is 15.9 Å². The molecule has 0 atom stereocenters. The molecule has 0 bridgehead atoms. The number of aryl methyl sites for hydroxylation is 1. The number of benzene rings is 1. The van der Waals surface area contributed by atoms with Crippen molar-refractivity contribution in [1.82, 2.24) is 0 Å². The highest BCUT2D eigenvalue weighted by molar-refractivity contribution is 9.09. The molecule has 3 heteroatoms. The molecule has 0 aromatic heterocycles. The second-order valence-electron chi connectivity index (χ2n) is 2.72. The summed E-state index contributed by atoms with van der Waals surface area (Å²) in [5.74, 6) is -0.658. The topological polar surface area (TPSA) is 17.1 Å². The number of halogens is 2. The zero-order valence-electron chi connectivity index (χ0n) is 7.31. The van der Waals surface area contributed by atoms with Crippen LogP contribution in [0.5, 0.6) is 0 Å². The van der Waals surface area contributed by atoms with Crippen LogP contribution in [0.15, 0.2) is 18.2 Å². The van der Waals surface area contributed by atoms with E-state index in [4.69, 9.17) is 0 Å². The Hall–Kier alpha value is -0.700. The summed E-state index contributed by atoms with van der Waals surface area (Å²) in [6.07, 6.45) is 0.808. The minimum Gasteiger partial charge on any atom is -0.293 e. The van der Waals surface area contributed by atoms with Gasteiger partial charge in [0.25, 0.3) is 0 Å². The van der Waals surface area contributed by atoms with Gasteiger partial charge in [-0.2, -0.15) is 0 Å². The third-order valence-electron chi connectivity index (χ3n) is 1.86. The Labute approximate surface area is 85.1 Å². The standard InChI is InChI=1S/C10H10BrFO/c1-2-7-3-4-9(12)8(5-7)10(13)6-11/h3-5H,2,6H2,1H3. The highest BCUT2D eigenvalue weighted by atomic mass is 79.9. The number of hydrogen-bond acceptors (Lipinski definition) is 1. The zero-order chi connectivity index (χ0) is 9.84. The van der Waals surface area contributed by atoms with Crippen LogP contribution in [0.2, 0.25) is 0 Å². The van der Waals surface area contributed by atoms with Gasteiger partial charge in [0.2, 0.25) is 0 Å². The van der Waals surface area contributed by atoms with Gasteiger partial charge >= 0.3 is 0 Å². The summed E-state index contributed by atoms with van der Waals surface area (Å²) in [6.45, 7) is 1.97. The molecular weight excluding hydrogens is 235 g/mol. The lowest BCUT2D eigenvalue weighted by atomic mass is 10.1. The molecule has 0 radical (unpaired) electrons. The van der Waals surface area contributed by atoms with E-state index in [2.05, 4.69) is 15.9 Å². The fourth-order valence-corrected chi connectivity index (χ4v) is 1.38. The van der Waals surface area contributed by atoms with Gasteiger partial charge in [0, 0.05) is 0 Å². The van der Waals surface area contributed by atoms with E-state index in [1.54, 1.807) is 12.1 Å². The van der Waals surface area contributed by atoms with Crippen molar-refractivity contribution in [3.8, 4) is 0 Å². The molecule has 13 heavy (non-hydrogen) atoms. The Kier molecular flexibility index (Phi) is 3.60. The van der Waals surface area contributed by atoms with Gasteiger partial charge in [0.05, 0.1) is 10.9 Å². The highest BCUT2D eigenvalue weighted by Crippen LogP contribution is 2.12. The number of alkyl halides is 1. The summed E-state index contributed by atoms with van der Waals surface area (Å²) in [7, 11) is 0. The van der Waals surface area contributed by atoms with Gasteiger partial charge in [0.1, 0.15) is 5.82 Å². The zero-order valence-corrected chi connectivity index (χ0v) is 8.90. The quantitative estimate of drug-likeness (QED) is 0.591. The smallest absolute Gasteiger partial charge is 0.176 e. The Morgan fingerprint density at radius 1 is 1.54 bits per heavy atom. The molecule has 0 aliphatic heterocycles. The van der Waals surface area contributed by atoms with Crippen LogP contribution in [0.1, 0.15) is 22.8 Å². The van der Waals surface area contributed by atoms with Crippen LogP contribution in [0.4, 0.5) is 4.39 Å². The molecule has 0 amide bonds. The molecule has 1 rings (SSSR count). The number of rotatable bonds is 3. The molecule has 0 aliphatic rings. The Balaban J connectivity index is 3.11. The fraction of sp³-hybridized carbons (Fsp3) is 0.300. The molecular formula is C10H10BrFO. The first-order chi connectivity index (χ1) is 6.19. The van der Waals surface area contributed by atoms with Gasteiger partial charge in [-0.05, 0) is 24.1 Å².